The Morgan fingerprint density at radius 2 is 1.89 bits per heavy atom. The van der Waals surface area contributed by atoms with Gasteiger partial charge in [0, 0.05) is 11.9 Å². The van der Waals surface area contributed by atoms with Crippen molar-refractivity contribution in [3.8, 4) is 0 Å². The summed E-state index contributed by atoms with van der Waals surface area (Å²) in [6.45, 7) is 6.30. The van der Waals surface area contributed by atoms with Gasteiger partial charge in [0.25, 0.3) is 0 Å². The molecule has 0 bridgehead atoms. The number of carbonyl (C=O) groups is 3. The molecule has 8 nitrogen and oxygen atoms in total. The van der Waals surface area contributed by atoms with E-state index in [2.05, 4.69) is 10.3 Å². The minimum atomic E-state index is -0.779. The van der Waals surface area contributed by atoms with E-state index in [4.69, 9.17) is 9.47 Å². The Balaban J connectivity index is 2.30. The number of fused-ring (bicyclic) bond motifs is 1. The number of rotatable bonds is 7. The van der Waals surface area contributed by atoms with Crippen molar-refractivity contribution in [3.05, 3.63) is 41.1 Å². The van der Waals surface area contributed by atoms with Crippen molar-refractivity contribution in [1.82, 2.24) is 15.2 Å². The van der Waals surface area contributed by atoms with Gasteiger partial charge in [0.15, 0.2) is 0 Å². The summed E-state index contributed by atoms with van der Waals surface area (Å²) in [5.74, 6) is -0.963. The minimum absolute atomic E-state index is 0.0382. The summed E-state index contributed by atoms with van der Waals surface area (Å²) >= 11 is 0. The lowest BCUT2D eigenvalue weighted by Crippen LogP contribution is -2.40. The molecule has 2 rings (SSSR count). The predicted octanol–water partition coefficient (Wildman–Crippen LogP) is 2.42. The molecule has 1 aromatic heterocycles. The number of para-hydroxylation sites is 1. The molecule has 0 saturated heterocycles. The van der Waals surface area contributed by atoms with E-state index in [1.807, 2.05) is 38.1 Å². The maximum atomic E-state index is 12.4. The number of aromatic nitrogens is 1. The van der Waals surface area contributed by atoms with Crippen LogP contribution in [0.4, 0.5) is 4.79 Å². The monoisotopic (exact) mass is 387 g/mol. The third-order valence-corrected chi connectivity index (χ3v) is 4.32. The molecule has 0 radical (unpaired) electrons. The molecule has 0 aliphatic heterocycles. The molecule has 0 saturated carbocycles. The van der Waals surface area contributed by atoms with Gasteiger partial charge in [-0.15, -0.1) is 0 Å². The zero-order chi connectivity index (χ0) is 20.7. The normalized spacial score (nSPS) is 10.8. The van der Waals surface area contributed by atoms with Crippen LogP contribution in [0.15, 0.2) is 24.3 Å². The molecule has 1 heterocycles. The van der Waals surface area contributed by atoms with Crippen molar-refractivity contribution in [2.24, 2.45) is 0 Å². The third kappa shape index (κ3) is 5.04. The predicted molar refractivity (Wildman–Crippen MR) is 104 cm³/mol. The molecule has 0 atom stereocenters. The molecule has 2 amide bonds. The van der Waals surface area contributed by atoms with E-state index in [-0.39, 0.29) is 19.7 Å². The van der Waals surface area contributed by atoms with Gasteiger partial charge in [-0.05, 0) is 32.0 Å². The van der Waals surface area contributed by atoms with E-state index in [0.29, 0.717) is 17.8 Å². The fourth-order valence-corrected chi connectivity index (χ4v) is 2.94. The first-order valence-electron chi connectivity index (χ1n) is 9.06. The number of ether oxygens (including phenoxy) is 2. The van der Waals surface area contributed by atoms with E-state index in [9.17, 15) is 14.4 Å². The van der Waals surface area contributed by atoms with Gasteiger partial charge in [-0.1, -0.05) is 25.1 Å². The molecule has 0 aliphatic rings. The van der Waals surface area contributed by atoms with Crippen molar-refractivity contribution < 1.29 is 23.9 Å². The highest BCUT2D eigenvalue weighted by Gasteiger charge is 2.22. The standard InChI is InChI=1S/C20H25N3O5/c1-5-23(12-17(24)22-20(26)28-6-2)11-16-18(19(25)27-4)13(3)14-9-7-8-10-15(14)21-16/h7-10H,5-6,11-12H2,1-4H3,(H,22,24,26). The van der Waals surface area contributed by atoms with Crippen molar-refractivity contribution in [2.45, 2.75) is 27.3 Å². The first-order chi connectivity index (χ1) is 13.4. The number of benzene rings is 1. The Kier molecular flexibility index (Phi) is 7.45. The van der Waals surface area contributed by atoms with E-state index < -0.39 is 18.0 Å². The van der Waals surface area contributed by atoms with Gasteiger partial charge in [0.05, 0.1) is 37.0 Å². The number of likely N-dealkylation sites (N-methyl/N-ethyl adjacent to an activating group) is 1. The molecule has 150 valence electrons. The zero-order valence-corrected chi connectivity index (χ0v) is 16.6. The van der Waals surface area contributed by atoms with E-state index in [0.717, 1.165) is 16.5 Å². The third-order valence-electron chi connectivity index (χ3n) is 4.32. The van der Waals surface area contributed by atoms with Crippen molar-refractivity contribution in [2.75, 3.05) is 26.8 Å². The molecule has 0 aliphatic carbocycles. The van der Waals surface area contributed by atoms with Crippen LogP contribution in [0.2, 0.25) is 0 Å². The van der Waals surface area contributed by atoms with Crippen LogP contribution >= 0.6 is 0 Å². The number of imide groups is 1. The van der Waals surface area contributed by atoms with Crippen LogP contribution in [0.3, 0.4) is 0 Å². The van der Waals surface area contributed by atoms with Gasteiger partial charge < -0.3 is 9.47 Å². The lowest BCUT2D eigenvalue weighted by atomic mass is 10.0. The van der Waals surface area contributed by atoms with E-state index >= 15 is 0 Å². The van der Waals surface area contributed by atoms with E-state index in [1.165, 1.54) is 7.11 Å². The summed E-state index contributed by atoms with van der Waals surface area (Å²) in [7, 11) is 1.32. The highest BCUT2D eigenvalue weighted by molar-refractivity contribution is 5.98. The van der Waals surface area contributed by atoms with Gasteiger partial charge >= 0.3 is 12.1 Å². The molecule has 0 fully saturated rings. The first-order valence-corrected chi connectivity index (χ1v) is 9.06. The lowest BCUT2D eigenvalue weighted by Gasteiger charge is -2.21. The topological polar surface area (TPSA) is 97.8 Å². The van der Waals surface area contributed by atoms with Crippen LogP contribution in [0, 0.1) is 6.92 Å². The molecular formula is C20H25N3O5. The van der Waals surface area contributed by atoms with Gasteiger partial charge in [-0.3, -0.25) is 20.0 Å². The van der Waals surface area contributed by atoms with Crippen molar-refractivity contribution in [3.63, 3.8) is 0 Å². The summed E-state index contributed by atoms with van der Waals surface area (Å²) in [6.07, 6.45) is -0.779. The molecule has 1 N–H and O–H groups in total. The fourth-order valence-electron chi connectivity index (χ4n) is 2.94. The Morgan fingerprint density at radius 3 is 2.54 bits per heavy atom. The SMILES string of the molecule is CCOC(=O)NC(=O)CN(CC)Cc1nc2ccccc2c(C)c1C(=O)OC. The number of carbonyl (C=O) groups excluding carboxylic acids is 3. The maximum Gasteiger partial charge on any atom is 0.413 e. The summed E-state index contributed by atoms with van der Waals surface area (Å²) in [6, 6.07) is 7.53. The molecule has 28 heavy (non-hydrogen) atoms. The molecule has 0 unspecified atom stereocenters. The summed E-state index contributed by atoms with van der Waals surface area (Å²) < 4.78 is 9.66. The number of alkyl carbamates (subject to hydrolysis) is 1. The highest BCUT2D eigenvalue weighted by Crippen LogP contribution is 2.24. The average Bonchev–Trinajstić information content (AvgIpc) is 2.67. The minimum Gasteiger partial charge on any atom is -0.465 e. The lowest BCUT2D eigenvalue weighted by molar-refractivity contribution is -0.121. The Hall–Kier alpha value is -3.00. The second-order valence-corrected chi connectivity index (χ2v) is 6.14. The van der Waals surface area contributed by atoms with Gasteiger partial charge in [-0.25, -0.2) is 9.59 Å². The van der Waals surface area contributed by atoms with Crippen LogP contribution < -0.4 is 5.32 Å². The van der Waals surface area contributed by atoms with Crippen LogP contribution in [0.1, 0.15) is 35.5 Å². The number of hydrogen-bond acceptors (Lipinski definition) is 7. The Labute approximate surface area is 163 Å². The number of hydrogen-bond donors (Lipinski definition) is 1. The summed E-state index contributed by atoms with van der Waals surface area (Å²) in [5.41, 5.74) is 2.45. The first kappa shape index (κ1) is 21.3. The number of aryl methyl sites for hydroxylation is 1. The molecule has 0 spiro atoms. The Bertz CT molecular complexity index is 882. The average molecular weight is 387 g/mol. The van der Waals surface area contributed by atoms with Gasteiger partial charge in [0.2, 0.25) is 5.91 Å². The van der Waals surface area contributed by atoms with Crippen LogP contribution in [0.5, 0.6) is 0 Å². The number of nitrogens with zero attached hydrogens (tertiary/aromatic N) is 2. The number of methoxy groups -OCH3 is 1. The number of nitrogens with one attached hydrogen (secondary N) is 1. The van der Waals surface area contributed by atoms with Crippen LogP contribution in [-0.2, 0) is 20.8 Å². The molecule has 2 aromatic rings. The molecule has 8 heteroatoms. The largest absolute Gasteiger partial charge is 0.465 e. The zero-order valence-electron chi connectivity index (χ0n) is 16.6. The number of esters is 1. The fraction of sp³-hybridized carbons (Fsp3) is 0.400. The maximum absolute atomic E-state index is 12.4. The van der Waals surface area contributed by atoms with Crippen LogP contribution in [0.25, 0.3) is 10.9 Å². The summed E-state index contributed by atoms with van der Waals surface area (Å²) in [5, 5.41) is 3.04. The van der Waals surface area contributed by atoms with E-state index in [1.54, 1.807) is 11.8 Å². The quantitative estimate of drug-likeness (QED) is 0.729. The van der Waals surface area contributed by atoms with Gasteiger partial charge in [0.1, 0.15) is 0 Å². The van der Waals surface area contributed by atoms with Crippen LogP contribution in [-0.4, -0.2) is 54.7 Å². The van der Waals surface area contributed by atoms with Crippen molar-refractivity contribution >= 4 is 28.9 Å². The number of amides is 2. The summed E-state index contributed by atoms with van der Waals surface area (Å²) in [4.78, 5) is 42.3. The second kappa shape index (κ2) is 9.80. The van der Waals surface area contributed by atoms with Crippen molar-refractivity contribution in [1.29, 1.82) is 0 Å². The molecule has 1 aromatic carbocycles. The Morgan fingerprint density at radius 1 is 1.18 bits per heavy atom. The smallest absolute Gasteiger partial charge is 0.413 e. The second-order valence-electron chi connectivity index (χ2n) is 6.14. The number of pyridine rings is 1. The highest BCUT2D eigenvalue weighted by atomic mass is 16.5. The van der Waals surface area contributed by atoms with Gasteiger partial charge in [-0.2, -0.15) is 0 Å². The molecular weight excluding hydrogens is 362 g/mol.